The molecule has 1 saturated heterocycles. The highest BCUT2D eigenvalue weighted by molar-refractivity contribution is 7.89. The van der Waals surface area contributed by atoms with Gasteiger partial charge in [-0.1, -0.05) is 12.1 Å². The van der Waals surface area contributed by atoms with Crippen molar-refractivity contribution in [2.24, 2.45) is 0 Å². The molecule has 2 unspecified atom stereocenters. The number of hydrogen-bond donors (Lipinski definition) is 0. The minimum atomic E-state index is -3.74. The fraction of sp³-hybridized carbons (Fsp3) is 0.368. The van der Waals surface area contributed by atoms with Gasteiger partial charge >= 0.3 is 0 Å². The van der Waals surface area contributed by atoms with Gasteiger partial charge in [-0.05, 0) is 55.3 Å². The predicted octanol–water partition coefficient (Wildman–Crippen LogP) is 3.29. The summed E-state index contributed by atoms with van der Waals surface area (Å²) in [4.78, 5) is 0.0960. The van der Waals surface area contributed by atoms with Crippen LogP contribution in [0.1, 0.15) is 24.2 Å². The zero-order chi connectivity index (χ0) is 18.9. The van der Waals surface area contributed by atoms with Crippen LogP contribution < -0.4 is 4.74 Å². The van der Waals surface area contributed by atoms with Crippen LogP contribution >= 0.6 is 0 Å². The summed E-state index contributed by atoms with van der Waals surface area (Å²) in [6.45, 7) is 3.85. The fourth-order valence-electron chi connectivity index (χ4n) is 3.00. The molecule has 3 rings (SSSR count). The van der Waals surface area contributed by atoms with Gasteiger partial charge in [0, 0.05) is 12.6 Å². The maximum atomic E-state index is 13.5. The molecule has 2 aromatic carbocycles. The lowest BCUT2D eigenvalue weighted by Gasteiger charge is -2.37. The first-order valence-electron chi connectivity index (χ1n) is 8.36. The lowest BCUT2D eigenvalue weighted by molar-refractivity contribution is -0.0288. The molecule has 0 N–H and O–H groups in total. The van der Waals surface area contributed by atoms with Crippen LogP contribution in [0.4, 0.5) is 4.39 Å². The Balaban J connectivity index is 1.88. The summed E-state index contributed by atoms with van der Waals surface area (Å²) in [7, 11) is -2.15. The van der Waals surface area contributed by atoms with E-state index in [1.165, 1.54) is 22.5 Å². The Morgan fingerprint density at radius 1 is 1.19 bits per heavy atom. The van der Waals surface area contributed by atoms with Crippen LogP contribution in [-0.4, -0.2) is 39.0 Å². The number of rotatable bonds is 4. The van der Waals surface area contributed by atoms with E-state index < -0.39 is 15.8 Å². The lowest BCUT2D eigenvalue weighted by atomic mass is 10.1. The van der Waals surface area contributed by atoms with E-state index in [1.807, 2.05) is 24.3 Å². The van der Waals surface area contributed by atoms with Crippen LogP contribution in [0.25, 0.3) is 0 Å². The van der Waals surface area contributed by atoms with Crippen molar-refractivity contribution in [3.05, 3.63) is 59.4 Å². The van der Waals surface area contributed by atoms with E-state index >= 15 is 0 Å². The number of sulfonamides is 1. The van der Waals surface area contributed by atoms with Crippen molar-refractivity contribution >= 4 is 10.0 Å². The normalized spacial score (nSPS) is 21.5. The molecule has 0 aromatic heterocycles. The van der Waals surface area contributed by atoms with Gasteiger partial charge in [0.25, 0.3) is 0 Å². The maximum Gasteiger partial charge on any atom is 0.243 e. The number of morpholine rings is 1. The predicted molar refractivity (Wildman–Crippen MR) is 96.2 cm³/mol. The molecule has 1 fully saturated rings. The summed E-state index contributed by atoms with van der Waals surface area (Å²) in [5.41, 5.74) is 1.19. The van der Waals surface area contributed by atoms with Crippen LogP contribution in [-0.2, 0) is 14.8 Å². The summed E-state index contributed by atoms with van der Waals surface area (Å²) in [5.74, 6) is 0.305. The topological polar surface area (TPSA) is 55.8 Å². The first-order valence-corrected chi connectivity index (χ1v) is 9.80. The smallest absolute Gasteiger partial charge is 0.243 e. The van der Waals surface area contributed by atoms with E-state index in [9.17, 15) is 12.8 Å². The van der Waals surface area contributed by atoms with Gasteiger partial charge in [-0.25, -0.2) is 12.8 Å². The van der Waals surface area contributed by atoms with Crippen LogP contribution in [0.2, 0.25) is 0 Å². The Bertz CT molecular complexity index is 883. The monoisotopic (exact) mass is 379 g/mol. The standard InChI is InChI=1S/C19H22FNO4S/c1-13-10-17(8-9-18(13)20)26(22,23)21-11-19(25-12-14(21)2)15-4-6-16(24-3)7-5-15/h4-10,14,19H,11-12H2,1-3H3. The molecular weight excluding hydrogens is 357 g/mol. The minimum absolute atomic E-state index is 0.0960. The van der Waals surface area contributed by atoms with Crippen LogP contribution in [0.15, 0.2) is 47.4 Å². The molecule has 26 heavy (non-hydrogen) atoms. The first-order chi connectivity index (χ1) is 12.3. The third-order valence-electron chi connectivity index (χ3n) is 4.60. The van der Waals surface area contributed by atoms with E-state index in [1.54, 1.807) is 21.0 Å². The van der Waals surface area contributed by atoms with Crippen molar-refractivity contribution in [2.45, 2.75) is 30.9 Å². The summed E-state index contributed by atoms with van der Waals surface area (Å²) in [6, 6.07) is 10.9. The van der Waals surface area contributed by atoms with E-state index in [2.05, 4.69) is 0 Å². The van der Waals surface area contributed by atoms with Crippen LogP contribution in [0.5, 0.6) is 5.75 Å². The van der Waals surface area contributed by atoms with Crippen molar-refractivity contribution in [1.82, 2.24) is 4.31 Å². The summed E-state index contributed by atoms with van der Waals surface area (Å²) >= 11 is 0. The van der Waals surface area contributed by atoms with E-state index in [4.69, 9.17) is 9.47 Å². The highest BCUT2D eigenvalue weighted by atomic mass is 32.2. The van der Waals surface area contributed by atoms with Gasteiger partial charge in [0.1, 0.15) is 11.6 Å². The molecule has 2 atom stereocenters. The zero-order valence-electron chi connectivity index (χ0n) is 15.0. The molecule has 0 saturated carbocycles. The van der Waals surface area contributed by atoms with Crippen molar-refractivity contribution in [2.75, 3.05) is 20.3 Å². The molecule has 0 amide bonds. The molecule has 0 spiro atoms. The Morgan fingerprint density at radius 2 is 1.88 bits per heavy atom. The second kappa shape index (κ2) is 7.34. The van der Waals surface area contributed by atoms with Crippen molar-refractivity contribution in [3.63, 3.8) is 0 Å². The Labute approximate surface area is 153 Å². The molecule has 1 aliphatic heterocycles. The number of nitrogens with zero attached hydrogens (tertiary/aromatic N) is 1. The number of methoxy groups -OCH3 is 1. The third kappa shape index (κ3) is 3.60. The van der Waals surface area contributed by atoms with Gasteiger partial charge in [0.2, 0.25) is 10.0 Å². The number of hydrogen-bond acceptors (Lipinski definition) is 4. The molecule has 140 valence electrons. The van der Waals surface area contributed by atoms with Gasteiger partial charge in [-0.2, -0.15) is 4.31 Å². The second-order valence-corrected chi connectivity index (χ2v) is 8.32. The summed E-state index contributed by atoms with van der Waals surface area (Å²) < 4.78 is 52.1. The molecule has 5 nitrogen and oxygen atoms in total. The molecular formula is C19H22FNO4S. The van der Waals surface area contributed by atoms with E-state index in [-0.39, 0.29) is 30.2 Å². The average molecular weight is 379 g/mol. The average Bonchev–Trinajstić information content (AvgIpc) is 2.64. The Morgan fingerprint density at radius 3 is 2.50 bits per heavy atom. The van der Waals surface area contributed by atoms with E-state index in [0.29, 0.717) is 5.56 Å². The molecule has 2 aromatic rings. The van der Waals surface area contributed by atoms with Crippen LogP contribution in [0.3, 0.4) is 0 Å². The summed E-state index contributed by atoms with van der Waals surface area (Å²) in [5, 5.41) is 0. The van der Waals surface area contributed by atoms with Gasteiger partial charge in [-0.3, -0.25) is 0 Å². The number of benzene rings is 2. The molecule has 0 bridgehead atoms. The molecule has 0 radical (unpaired) electrons. The van der Waals surface area contributed by atoms with Crippen molar-refractivity contribution in [1.29, 1.82) is 0 Å². The van der Waals surface area contributed by atoms with Gasteiger partial charge < -0.3 is 9.47 Å². The number of ether oxygens (including phenoxy) is 2. The first kappa shape index (κ1) is 18.8. The fourth-order valence-corrected chi connectivity index (χ4v) is 4.71. The maximum absolute atomic E-state index is 13.5. The Kier molecular flexibility index (Phi) is 5.32. The van der Waals surface area contributed by atoms with Crippen LogP contribution in [0, 0.1) is 12.7 Å². The molecule has 7 heteroatoms. The second-order valence-electron chi connectivity index (χ2n) is 6.43. The van der Waals surface area contributed by atoms with Gasteiger partial charge in [0.05, 0.1) is 24.7 Å². The quantitative estimate of drug-likeness (QED) is 0.818. The largest absolute Gasteiger partial charge is 0.497 e. The zero-order valence-corrected chi connectivity index (χ0v) is 15.8. The van der Waals surface area contributed by atoms with Crippen molar-refractivity contribution in [3.8, 4) is 5.75 Å². The summed E-state index contributed by atoms with van der Waals surface area (Å²) in [6.07, 6.45) is -0.367. The highest BCUT2D eigenvalue weighted by Crippen LogP contribution is 2.30. The minimum Gasteiger partial charge on any atom is -0.497 e. The van der Waals surface area contributed by atoms with Crippen molar-refractivity contribution < 1.29 is 22.3 Å². The molecule has 0 aliphatic carbocycles. The third-order valence-corrected chi connectivity index (χ3v) is 6.58. The van der Waals surface area contributed by atoms with E-state index in [0.717, 1.165) is 11.3 Å². The molecule has 1 heterocycles. The molecule has 1 aliphatic rings. The Hall–Kier alpha value is -1.96. The van der Waals surface area contributed by atoms with Gasteiger partial charge in [0.15, 0.2) is 0 Å². The number of aryl methyl sites for hydroxylation is 1. The lowest BCUT2D eigenvalue weighted by Crippen LogP contribution is -2.48. The highest BCUT2D eigenvalue weighted by Gasteiger charge is 2.36. The SMILES string of the molecule is COc1ccc(C2CN(S(=O)(=O)c3ccc(F)c(C)c3)C(C)CO2)cc1. The number of halogens is 1. The van der Waals surface area contributed by atoms with Gasteiger partial charge in [-0.15, -0.1) is 0 Å².